The molecule has 0 saturated carbocycles. The van der Waals surface area contributed by atoms with Gasteiger partial charge in [-0.1, -0.05) is 12.1 Å². The molecule has 1 aromatic carbocycles. The van der Waals surface area contributed by atoms with Crippen molar-refractivity contribution >= 4 is 17.2 Å². The fourth-order valence-corrected chi connectivity index (χ4v) is 2.55. The normalized spacial score (nSPS) is 15.5. The van der Waals surface area contributed by atoms with Crippen LogP contribution in [-0.2, 0) is 4.74 Å². The Balaban J connectivity index is 1.76. The van der Waals surface area contributed by atoms with E-state index in [0.29, 0.717) is 31.9 Å². The van der Waals surface area contributed by atoms with Gasteiger partial charge in [0.2, 0.25) is 0 Å². The fourth-order valence-electron chi connectivity index (χ4n) is 2.05. The number of hydrogen-bond acceptors (Lipinski definition) is 4. The molecule has 0 atom stereocenters. The summed E-state index contributed by atoms with van der Waals surface area (Å²) in [6.45, 7) is 2.58. The highest BCUT2D eigenvalue weighted by Crippen LogP contribution is 2.19. The van der Waals surface area contributed by atoms with Crippen molar-refractivity contribution in [3.8, 4) is 11.3 Å². The van der Waals surface area contributed by atoms with E-state index in [1.54, 1.807) is 0 Å². The van der Waals surface area contributed by atoms with E-state index >= 15 is 0 Å². The van der Waals surface area contributed by atoms with Gasteiger partial charge in [-0.15, -0.1) is 11.3 Å². The largest absolute Gasteiger partial charge is 0.378 e. The van der Waals surface area contributed by atoms with Crippen molar-refractivity contribution in [2.45, 2.75) is 0 Å². The van der Waals surface area contributed by atoms with Crippen LogP contribution < -0.4 is 0 Å². The van der Waals surface area contributed by atoms with Gasteiger partial charge < -0.3 is 9.64 Å². The molecule has 0 bridgehead atoms. The molecule has 1 amide bonds. The number of rotatable bonds is 2. The predicted molar refractivity (Wildman–Crippen MR) is 73.1 cm³/mol. The molecule has 0 aliphatic carbocycles. The number of ether oxygens (including phenoxy) is 1. The van der Waals surface area contributed by atoms with Crippen LogP contribution in [-0.4, -0.2) is 42.1 Å². The minimum atomic E-state index is 0.0692. The lowest BCUT2D eigenvalue weighted by atomic mass is 10.1. The summed E-state index contributed by atoms with van der Waals surface area (Å²) in [6, 6.07) is 7.56. The predicted octanol–water partition coefficient (Wildman–Crippen LogP) is 2.08. The van der Waals surface area contributed by atoms with E-state index in [1.165, 1.54) is 11.3 Å². The SMILES string of the molecule is O=C(c1ccc(-c2cs[c]n2)cc1)N1CCOCC1. The molecule has 0 unspecified atom stereocenters. The van der Waals surface area contributed by atoms with E-state index in [9.17, 15) is 4.79 Å². The number of morpholine rings is 1. The molecule has 1 aromatic heterocycles. The summed E-state index contributed by atoms with van der Waals surface area (Å²) >= 11 is 1.44. The molecule has 0 spiro atoms. The maximum atomic E-state index is 12.2. The van der Waals surface area contributed by atoms with E-state index in [0.717, 1.165) is 11.3 Å². The number of amides is 1. The Kier molecular flexibility index (Phi) is 3.57. The van der Waals surface area contributed by atoms with Gasteiger partial charge in [0.25, 0.3) is 5.91 Å². The molecule has 1 saturated heterocycles. The molecule has 97 valence electrons. The Morgan fingerprint density at radius 1 is 1.26 bits per heavy atom. The maximum absolute atomic E-state index is 12.2. The summed E-state index contributed by atoms with van der Waals surface area (Å²) in [5.74, 6) is 0.0692. The second-order valence-corrected chi connectivity index (χ2v) is 4.96. The second-order valence-electron chi connectivity index (χ2n) is 4.31. The molecule has 3 rings (SSSR count). The first-order chi connectivity index (χ1) is 9.34. The Morgan fingerprint density at radius 3 is 2.63 bits per heavy atom. The minimum absolute atomic E-state index is 0.0692. The van der Waals surface area contributed by atoms with Crippen molar-refractivity contribution in [3.63, 3.8) is 0 Å². The van der Waals surface area contributed by atoms with Crippen LogP contribution in [0.1, 0.15) is 10.4 Å². The number of aromatic nitrogens is 1. The van der Waals surface area contributed by atoms with Gasteiger partial charge in [0, 0.05) is 29.6 Å². The van der Waals surface area contributed by atoms with Crippen molar-refractivity contribution < 1.29 is 9.53 Å². The highest BCUT2D eigenvalue weighted by Gasteiger charge is 2.18. The second kappa shape index (κ2) is 5.50. The smallest absolute Gasteiger partial charge is 0.254 e. The summed E-state index contributed by atoms with van der Waals surface area (Å²) in [5, 5.41) is 1.94. The van der Waals surface area contributed by atoms with Crippen LogP contribution in [0.15, 0.2) is 29.6 Å². The van der Waals surface area contributed by atoms with E-state index in [1.807, 2.05) is 34.5 Å². The van der Waals surface area contributed by atoms with Gasteiger partial charge in [0.05, 0.1) is 18.9 Å². The molecule has 1 radical (unpaired) electrons. The molecule has 2 aromatic rings. The summed E-state index contributed by atoms with van der Waals surface area (Å²) in [6.07, 6.45) is 0. The number of hydrogen-bond donors (Lipinski definition) is 0. The third-order valence-electron chi connectivity index (χ3n) is 3.12. The third kappa shape index (κ3) is 2.67. The fraction of sp³-hybridized carbons (Fsp3) is 0.286. The van der Waals surface area contributed by atoms with Gasteiger partial charge in [-0.25, -0.2) is 4.98 Å². The molecule has 1 aliphatic rings. The molecule has 19 heavy (non-hydrogen) atoms. The number of carbonyl (C=O) groups excluding carboxylic acids is 1. The molecule has 5 heteroatoms. The first kappa shape index (κ1) is 12.3. The van der Waals surface area contributed by atoms with Gasteiger partial charge in [-0.3, -0.25) is 4.79 Å². The number of nitrogens with zero attached hydrogens (tertiary/aromatic N) is 2. The van der Waals surface area contributed by atoms with E-state index in [4.69, 9.17) is 4.74 Å². The van der Waals surface area contributed by atoms with Crippen LogP contribution in [0.5, 0.6) is 0 Å². The zero-order valence-electron chi connectivity index (χ0n) is 10.3. The zero-order chi connectivity index (χ0) is 13.1. The Hall–Kier alpha value is -1.72. The van der Waals surface area contributed by atoms with Crippen molar-refractivity contribution in [3.05, 3.63) is 40.7 Å². The van der Waals surface area contributed by atoms with Crippen molar-refractivity contribution in [1.29, 1.82) is 0 Å². The monoisotopic (exact) mass is 273 g/mol. The van der Waals surface area contributed by atoms with Crippen LogP contribution in [0, 0.1) is 5.51 Å². The summed E-state index contributed by atoms with van der Waals surface area (Å²) in [5.41, 5.74) is 5.44. The Labute approximate surface area is 115 Å². The van der Waals surface area contributed by atoms with Crippen molar-refractivity contribution in [2.75, 3.05) is 26.3 Å². The zero-order valence-corrected chi connectivity index (χ0v) is 11.2. The quantitative estimate of drug-likeness (QED) is 0.841. The molecular formula is C14H13N2O2S. The minimum Gasteiger partial charge on any atom is -0.378 e. The lowest BCUT2D eigenvalue weighted by Gasteiger charge is -2.26. The molecule has 0 N–H and O–H groups in total. The van der Waals surface area contributed by atoms with Crippen LogP contribution >= 0.6 is 11.3 Å². The van der Waals surface area contributed by atoms with E-state index < -0.39 is 0 Å². The first-order valence-corrected chi connectivity index (χ1v) is 7.01. The van der Waals surface area contributed by atoms with Gasteiger partial charge >= 0.3 is 0 Å². The number of carbonyl (C=O) groups is 1. The van der Waals surface area contributed by atoms with Crippen molar-refractivity contribution in [2.24, 2.45) is 0 Å². The van der Waals surface area contributed by atoms with Crippen LogP contribution in [0.25, 0.3) is 11.3 Å². The number of thiazole rings is 1. The maximum Gasteiger partial charge on any atom is 0.254 e. The van der Waals surface area contributed by atoms with Crippen LogP contribution in [0.3, 0.4) is 0 Å². The molecular weight excluding hydrogens is 260 g/mol. The van der Waals surface area contributed by atoms with E-state index in [2.05, 4.69) is 10.5 Å². The first-order valence-electron chi connectivity index (χ1n) is 6.13. The molecule has 1 aliphatic heterocycles. The van der Waals surface area contributed by atoms with E-state index in [-0.39, 0.29) is 5.91 Å². The van der Waals surface area contributed by atoms with Crippen LogP contribution in [0.4, 0.5) is 0 Å². The van der Waals surface area contributed by atoms with Gasteiger partial charge in [0.1, 0.15) is 0 Å². The van der Waals surface area contributed by atoms with Gasteiger partial charge in [-0.2, -0.15) is 0 Å². The third-order valence-corrected chi connectivity index (χ3v) is 3.65. The molecule has 4 nitrogen and oxygen atoms in total. The topological polar surface area (TPSA) is 42.4 Å². The lowest BCUT2D eigenvalue weighted by molar-refractivity contribution is 0.0303. The summed E-state index contributed by atoms with van der Waals surface area (Å²) in [4.78, 5) is 18.2. The standard InChI is InChI=1S/C14H13N2O2S/c17-14(16-5-7-18-8-6-16)12-3-1-11(2-4-12)13-9-19-10-15-13/h1-4,9H,5-8H2. The lowest BCUT2D eigenvalue weighted by Crippen LogP contribution is -2.40. The summed E-state index contributed by atoms with van der Waals surface area (Å²) in [7, 11) is 0. The van der Waals surface area contributed by atoms with Crippen LogP contribution in [0.2, 0.25) is 0 Å². The molecule has 1 fully saturated rings. The van der Waals surface area contributed by atoms with Crippen molar-refractivity contribution in [1.82, 2.24) is 9.88 Å². The average molecular weight is 273 g/mol. The van der Waals surface area contributed by atoms with Gasteiger partial charge in [-0.05, 0) is 12.1 Å². The summed E-state index contributed by atoms with van der Waals surface area (Å²) < 4.78 is 5.25. The molecule has 2 heterocycles. The average Bonchev–Trinajstić information content (AvgIpc) is 3.02. The number of benzene rings is 1. The highest BCUT2D eigenvalue weighted by molar-refractivity contribution is 7.07. The highest BCUT2D eigenvalue weighted by atomic mass is 32.1. The Bertz CT molecular complexity index is 545. The van der Waals surface area contributed by atoms with Gasteiger partial charge in [0.15, 0.2) is 5.51 Å². The Morgan fingerprint density at radius 2 is 2.00 bits per heavy atom.